The highest BCUT2D eigenvalue weighted by atomic mass is 16.5. The number of ether oxygens (including phenoxy) is 1. The van der Waals surface area contributed by atoms with E-state index in [1.165, 1.54) is 18.5 Å². The average Bonchev–Trinajstić information content (AvgIpc) is 2.92. The Morgan fingerprint density at radius 1 is 1.53 bits per heavy atom. The van der Waals surface area contributed by atoms with Crippen LogP contribution in [0.15, 0.2) is 18.5 Å². The predicted octanol–water partition coefficient (Wildman–Crippen LogP) is 1.08. The number of pyridine rings is 1. The van der Waals surface area contributed by atoms with E-state index in [9.17, 15) is 9.59 Å². The molecule has 2 rings (SSSR count). The van der Waals surface area contributed by atoms with Crippen LogP contribution >= 0.6 is 0 Å². The van der Waals surface area contributed by atoms with Gasteiger partial charge in [-0.05, 0) is 25.8 Å². The Hall–Kier alpha value is -1.95. The van der Waals surface area contributed by atoms with E-state index in [4.69, 9.17) is 9.84 Å². The number of aromatic nitrogens is 1. The molecule has 1 fully saturated rings. The summed E-state index contributed by atoms with van der Waals surface area (Å²) in [5.74, 6) is -1.58. The van der Waals surface area contributed by atoms with E-state index in [1.807, 2.05) is 6.92 Å². The van der Waals surface area contributed by atoms with E-state index in [0.29, 0.717) is 6.61 Å². The molecule has 0 aromatic carbocycles. The van der Waals surface area contributed by atoms with E-state index in [2.05, 4.69) is 10.3 Å². The van der Waals surface area contributed by atoms with Crippen LogP contribution in [-0.2, 0) is 4.74 Å². The fourth-order valence-electron chi connectivity index (χ4n) is 2.14. The molecule has 6 nitrogen and oxygen atoms in total. The number of amides is 1. The second kappa shape index (κ2) is 5.79. The maximum Gasteiger partial charge on any atom is 0.338 e. The van der Waals surface area contributed by atoms with Gasteiger partial charge in [0.05, 0.1) is 23.3 Å². The molecule has 6 heteroatoms. The average molecular weight is 264 g/mol. The molecule has 19 heavy (non-hydrogen) atoms. The third-order valence-electron chi connectivity index (χ3n) is 3.18. The van der Waals surface area contributed by atoms with Crippen LogP contribution < -0.4 is 5.32 Å². The van der Waals surface area contributed by atoms with Gasteiger partial charge in [-0.15, -0.1) is 0 Å². The van der Waals surface area contributed by atoms with Crippen molar-refractivity contribution in [3.05, 3.63) is 29.6 Å². The van der Waals surface area contributed by atoms with Crippen molar-refractivity contribution in [1.82, 2.24) is 10.3 Å². The molecule has 0 bridgehead atoms. The van der Waals surface area contributed by atoms with Crippen molar-refractivity contribution in [2.45, 2.75) is 31.9 Å². The van der Waals surface area contributed by atoms with Crippen molar-refractivity contribution in [2.24, 2.45) is 0 Å². The first-order valence-corrected chi connectivity index (χ1v) is 6.19. The lowest BCUT2D eigenvalue weighted by Gasteiger charge is -2.20. The quantitative estimate of drug-likeness (QED) is 0.849. The second-order valence-electron chi connectivity index (χ2n) is 4.54. The number of hydrogen-bond acceptors (Lipinski definition) is 4. The summed E-state index contributed by atoms with van der Waals surface area (Å²) in [4.78, 5) is 26.8. The molecule has 1 aliphatic heterocycles. The third-order valence-corrected chi connectivity index (χ3v) is 3.18. The molecule has 0 aliphatic carbocycles. The number of nitrogens with zero attached hydrogens (tertiary/aromatic N) is 1. The zero-order valence-corrected chi connectivity index (χ0v) is 10.6. The molecule has 0 saturated carbocycles. The lowest BCUT2D eigenvalue weighted by atomic mass is 10.1. The molecule has 2 atom stereocenters. The fourth-order valence-corrected chi connectivity index (χ4v) is 2.14. The lowest BCUT2D eigenvalue weighted by Crippen LogP contribution is -2.41. The van der Waals surface area contributed by atoms with E-state index >= 15 is 0 Å². The Kier molecular flexibility index (Phi) is 4.11. The van der Waals surface area contributed by atoms with Crippen LogP contribution in [0.3, 0.4) is 0 Å². The van der Waals surface area contributed by atoms with E-state index in [0.717, 1.165) is 12.8 Å². The molecular weight excluding hydrogens is 248 g/mol. The molecule has 0 spiro atoms. The van der Waals surface area contributed by atoms with Gasteiger partial charge in [0.25, 0.3) is 5.91 Å². The van der Waals surface area contributed by atoms with E-state index in [1.54, 1.807) is 0 Å². The molecule has 2 N–H and O–H groups in total. The van der Waals surface area contributed by atoms with Gasteiger partial charge in [-0.25, -0.2) is 4.79 Å². The molecule has 1 saturated heterocycles. The predicted molar refractivity (Wildman–Crippen MR) is 67.1 cm³/mol. The van der Waals surface area contributed by atoms with Crippen molar-refractivity contribution >= 4 is 11.9 Å². The first-order valence-electron chi connectivity index (χ1n) is 6.19. The van der Waals surface area contributed by atoms with Gasteiger partial charge in [0, 0.05) is 19.0 Å². The first-order chi connectivity index (χ1) is 9.09. The van der Waals surface area contributed by atoms with Crippen molar-refractivity contribution < 1.29 is 19.4 Å². The summed E-state index contributed by atoms with van der Waals surface area (Å²) in [7, 11) is 0. The standard InChI is InChI=1S/C13H16N2O4/c1-8(11-3-2-6-19-11)15-12(16)9-4-5-14-7-10(9)13(17)18/h4-5,7-8,11H,2-3,6H2,1H3,(H,15,16)(H,17,18). The van der Waals surface area contributed by atoms with Crippen molar-refractivity contribution in [3.8, 4) is 0 Å². The molecule has 2 heterocycles. The number of carbonyl (C=O) groups excluding carboxylic acids is 1. The van der Waals surface area contributed by atoms with Crippen LogP contribution in [0.4, 0.5) is 0 Å². The Morgan fingerprint density at radius 2 is 2.32 bits per heavy atom. The van der Waals surface area contributed by atoms with Gasteiger partial charge in [-0.1, -0.05) is 0 Å². The monoisotopic (exact) mass is 264 g/mol. The SMILES string of the molecule is CC(NC(=O)c1ccncc1C(=O)O)C1CCCO1. The van der Waals surface area contributed by atoms with E-state index in [-0.39, 0.29) is 23.3 Å². The number of carboxylic acid groups (broad SMARTS) is 1. The van der Waals surface area contributed by atoms with Crippen molar-refractivity contribution in [1.29, 1.82) is 0 Å². The molecule has 1 aromatic rings. The Morgan fingerprint density at radius 3 is 2.95 bits per heavy atom. The van der Waals surface area contributed by atoms with Gasteiger partial charge in [0.1, 0.15) is 0 Å². The fraction of sp³-hybridized carbons (Fsp3) is 0.462. The Labute approximate surface area is 110 Å². The summed E-state index contributed by atoms with van der Waals surface area (Å²) in [6.07, 6.45) is 4.47. The molecule has 2 unspecified atom stereocenters. The minimum Gasteiger partial charge on any atom is -0.478 e. The Balaban J connectivity index is 2.09. The summed E-state index contributed by atoms with van der Waals surface area (Å²) >= 11 is 0. The summed E-state index contributed by atoms with van der Waals surface area (Å²) in [6.45, 7) is 2.57. The van der Waals surface area contributed by atoms with Gasteiger partial charge in [0.2, 0.25) is 0 Å². The molecule has 102 valence electrons. The number of carbonyl (C=O) groups is 2. The largest absolute Gasteiger partial charge is 0.478 e. The second-order valence-corrected chi connectivity index (χ2v) is 4.54. The van der Waals surface area contributed by atoms with Gasteiger partial charge >= 0.3 is 5.97 Å². The van der Waals surface area contributed by atoms with Gasteiger partial charge in [-0.3, -0.25) is 9.78 Å². The molecule has 1 amide bonds. The summed E-state index contributed by atoms with van der Waals surface area (Å²) in [5, 5.41) is 11.8. The number of nitrogens with one attached hydrogen (secondary N) is 1. The minimum atomic E-state index is -1.16. The first kappa shape index (κ1) is 13.5. The van der Waals surface area contributed by atoms with Crippen LogP contribution in [0.5, 0.6) is 0 Å². The minimum absolute atomic E-state index is 0.000865. The number of aromatic carboxylic acids is 1. The zero-order chi connectivity index (χ0) is 13.8. The number of carboxylic acids is 1. The van der Waals surface area contributed by atoms with Crippen molar-refractivity contribution in [3.63, 3.8) is 0 Å². The molecular formula is C13H16N2O4. The normalized spacial score (nSPS) is 19.9. The van der Waals surface area contributed by atoms with Crippen LogP contribution in [0.1, 0.15) is 40.5 Å². The van der Waals surface area contributed by atoms with Crippen LogP contribution in [0, 0.1) is 0 Å². The smallest absolute Gasteiger partial charge is 0.338 e. The van der Waals surface area contributed by atoms with Crippen LogP contribution in [0.25, 0.3) is 0 Å². The topological polar surface area (TPSA) is 88.5 Å². The zero-order valence-electron chi connectivity index (χ0n) is 10.6. The highest BCUT2D eigenvalue weighted by molar-refractivity contribution is 6.04. The summed E-state index contributed by atoms with van der Waals surface area (Å²) in [6, 6.07) is 1.26. The highest BCUT2D eigenvalue weighted by Gasteiger charge is 2.25. The number of hydrogen-bond donors (Lipinski definition) is 2. The molecule has 1 aliphatic rings. The van der Waals surface area contributed by atoms with Crippen molar-refractivity contribution in [2.75, 3.05) is 6.61 Å². The summed E-state index contributed by atoms with van der Waals surface area (Å²) in [5.41, 5.74) is 0.0203. The number of rotatable bonds is 4. The van der Waals surface area contributed by atoms with Gasteiger partial charge in [0.15, 0.2) is 0 Å². The van der Waals surface area contributed by atoms with Gasteiger partial charge < -0.3 is 15.2 Å². The maximum atomic E-state index is 12.1. The molecule has 1 aromatic heterocycles. The van der Waals surface area contributed by atoms with Gasteiger partial charge in [-0.2, -0.15) is 0 Å². The maximum absolute atomic E-state index is 12.1. The highest BCUT2D eigenvalue weighted by Crippen LogP contribution is 2.16. The third kappa shape index (κ3) is 3.08. The summed E-state index contributed by atoms with van der Waals surface area (Å²) < 4.78 is 5.49. The van der Waals surface area contributed by atoms with E-state index < -0.39 is 11.9 Å². The molecule has 0 radical (unpaired) electrons. The van der Waals surface area contributed by atoms with Crippen LogP contribution in [-0.4, -0.2) is 40.7 Å². The lowest BCUT2D eigenvalue weighted by molar-refractivity contribution is 0.0674. The van der Waals surface area contributed by atoms with Crippen LogP contribution in [0.2, 0.25) is 0 Å². The Bertz CT molecular complexity index is 483.